The molecule has 1 aliphatic heterocycles. The molecular weight excluding hydrogens is 358 g/mol. The molecule has 1 aliphatic rings. The Kier molecular flexibility index (Phi) is 4.52. The Bertz CT molecular complexity index is 1050. The first-order valence-electron chi connectivity index (χ1n) is 8.70. The number of fused-ring (bicyclic) bond motifs is 1. The predicted octanol–water partition coefficient (Wildman–Crippen LogP) is 2.17. The third-order valence-corrected chi connectivity index (χ3v) is 4.68. The minimum atomic E-state index is -0.313. The monoisotopic (exact) mass is 377 g/mol. The average Bonchev–Trinajstić information content (AvgIpc) is 2.73. The molecular formula is C20H19N5O3. The van der Waals surface area contributed by atoms with Crippen molar-refractivity contribution in [3.63, 3.8) is 0 Å². The van der Waals surface area contributed by atoms with Crippen LogP contribution in [0.4, 0.5) is 5.95 Å². The van der Waals surface area contributed by atoms with Crippen molar-refractivity contribution in [1.82, 2.24) is 20.3 Å². The van der Waals surface area contributed by atoms with E-state index in [1.54, 1.807) is 20.3 Å². The van der Waals surface area contributed by atoms with Crippen LogP contribution in [0.3, 0.4) is 0 Å². The molecule has 1 atom stereocenters. The van der Waals surface area contributed by atoms with Gasteiger partial charge in [-0.1, -0.05) is 6.07 Å². The smallest absolute Gasteiger partial charge is 0.255 e. The highest BCUT2D eigenvalue weighted by Crippen LogP contribution is 2.35. The Morgan fingerprint density at radius 3 is 2.75 bits per heavy atom. The molecule has 0 fully saturated rings. The number of hydrogen-bond acceptors (Lipinski definition) is 7. The number of anilines is 1. The zero-order chi connectivity index (χ0) is 19.7. The van der Waals surface area contributed by atoms with E-state index in [4.69, 9.17) is 15.2 Å². The van der Waals surface area contributed by atoms with Gasteiger partial charge < -0.3 is 20.5 Å². The minimum absolute atomic E-state index is 0.146. The normalized spacial score (nSPS) is 15.5. The van der Waals surface area contributed by atoms with Crippen molar-refractivity contribution in [1.29, 1.82) is 0 Å². The van der Waals surface area contributed by atoms with Crippen LogP contribution in [-0.2, 0) is 6.42 Å². The number of nitrogens with two attached hydrogens (primary N) is 1. The first kappa shape index (κ1) is 17.7. The molecule has 0 unspecified atom stereocenters. The second-order valence-electron chi connectivity index (χ2n) is 6.34. The van der Waals surface area contributed by atoms with Crippen LogP contribution in [0.15, 0.2) is 42.6 Å². The predicted molar refractivity (Wildman–Crippen MR) is 103 cm³/mol. The van der Waals surface area contributed by atoms with Crippen LogP contribution < -0.4 is 20.5 Å². The maximum atomic E-state index is 12.6. The summed E-state index contributed by atoms with van der Waals surface area (Å²) in [5.74, 6) is 1.10. The van der Waals surface area contributed by atoms with Gasteiger partial charge in [0.1, 0.15) is 5.75 Å². The molecule has 1 amide bonds. The lowest BCUT2D eigenvalue weighted by Crippen LogP contribution is -2.36. The van der Waals surface area contributed by atoms with Crippen molar-refractivity contribution in [2.45, 2.75) is 12.5 Å². The number of carbonyl (C=O) groups excluding carboxylic acids is 1. The highest BCUT2D eigenvalue weighted by atomic mass is 16.5. The van der Waals surface area contributed by atoms with Crippen molar-refractivity contribution in [2.24, 2.45) is 0 Å². The van der Waals surface area contributed by atoms with Crippen LogP contribution in [0, 0.1) is 0 Å². The Labute approximate surface area is 161 Å². The minimum Gasteiger partial charge on any atom is -0.497 e. The lowest BCUT2D eigenvalue weighted by molar-refractivity contribution is 0.0923. The molecule has 0 saturated carbocycles. The molecule has 8 nitrogen and oxygen atoms in total. The number of benzene rings is 1. The summed E-state index contributed by atoms with van der Waals surface area (Å²) in [6.07, 6.45) is 1.94. The molecule has 1 aromatic carbocycles. The molecule has 0 aliphatic carbocycles. The summed E-state index contributed by atoms with van der Waals surface area (Å²) in [6.45, 7) is 0. The summed E-state index contributed by atoms with van der Waals surface area (Å²) in [4.78, 5) is 25.3. The fraction of sp³-hybridized carbons (Fsp3) is 0.200. The molecule has 0 saturated heterocycles. The first-order chi connectivity index (χ1) is 13.6. The number of aromatic nitrogens is 3. The van der Waals surface area contributed by atoms with Gasteiger partial charge in [0.05, 0.1) is 37.2 Å². The second kappa shape index (κ2) is 7.15. The topological polar surface area (TPSA) is 112 Å². The highest BCUT2D eigenvalue weighted by molar-refractivity contribution is 5.96. The number of pyridine rings is 1. The Morgan fingerprint density at radius 1 is 1.11 bits per heavy atom. The van der Waals surface area contributed by atoms with E-state index >= 15 is 0 Å². The van der Waals surface area contributed by atoms with Crippen LogP contribution in [-0.4, -0.2) is 35.1 Å². The number of carbonyl (C=O) groups is 1. The average molecular weight is 377 g/mol. The van der Waals surface area contributed by atoms with Crippen molar-refractivity contribution >= 4 is 11.9 Å². The van der Waals surface area contributed by atoms with E-state index in [2.05, 4.69) is 20.3 Å². The molecule has 142 valence electrons. The zero-order valence-corrected chi connectivity index (χ0v) is 15.5. The summed E-state index contributed by atoms with van der Waals surface area (Å²) >= 11 is 0. The maximum absolute atomic E-state index is 12.6. The van der Waals surface area contributed by atoms with Gasteiger partial charge in [0, 0.05) is 24.2 Å². The number of hydrogen-bond donors (Lipinski definition) is 2. The van der Waals surface area contributed by atoms with Gasteiger partial charge in [-0.2, -0.15) is 0 Å². The Hall–Kier alpha value is -3.68. The third kappa shape index (κ3) is 3.20. The van der Waals surface area contributed by atoms with E-state index in [1.807, 2.05) is 30.3 Å². The Balaban J connectivity index is 1.81. The number of rotatable bonds is 4. The summed E-state index contributed by atoms with van der Waals surface area (Å²) < 4.78 is 10.6. The van der Waals surface area contributed by atoms with Gasteiger partial charge >= 0.3 is 0 Å². The molecule has 0 bridgehead atoms. The number of nitrogens with zero attached hydrogens (tertiary/aromatic N) is 3. The fourth-order valence-corrected chi connectivity index (χ4v) is 3.31. The molecule has 28 heavy (non-hydrogen) atoms. The zero-order valence-electron chi connectivity index (χ0n) is 15.5. The number of nitrogens with one attached hydrogen (secondary N) is 1. The van der Waals surface area contributed by atoms with Gasteiger partial charge in [-0.05, 0) is 29.8 Å². The van der Waals surface area contributed by atoms with Gasteiger partial charge in [0.15, 0.2) is 0 Å². The highest BCUT2D eigenvalue weighted by Gasteiger charge is 2.29. The van der Waals surface area contributed by atoms with Crippen LogP contribution in [0.25, 0.3) is 11.3 Å². The van der Waals surface area contributed by atoms with Crippen molar-refractivity contribution in [3.05, 3.63) is 59.4 Å². The molecule has 2 aromatic heterocycles. The first-order valence-corrected chi connectivity index (χ1v) is 8.70. The molecule has 4 rings (SSSR count). The third-order valence-electron chi connectivity index (χ3n) is 4.68. The number of ether oxygens (including phenoxy) is 2. The van der Waals surface area contributed by atoms with Crippen LogP contribution in [0.5, 0.6) is 11.6 Å². The van der Waals surface area contributed by atoms with Gasteiger partial charge in [-0.25, -0.2) is 15.0 Å². The van der Waals surface area contributed by atoms with E-state index in [0.717, 1.165) is 16.8 Å². The molecule has 0 spiro atoms. The maximum Gasteiger partial charge on any atom is 0.255 e. The summed E-state index contributed by atoms with van der Waals surface area (Å²) in [7, 11) is 3.18. The van der Waals surface area contributed by atoms with E-state index in [9.17, 15) is 4.79 Å². The SMILES string of the molecule is COc1ccc(-c2cccc(OC)n2)c([C@H]2Cc3nc(N)ncc3C(=O)N2)c1. The van der Waals surface area contributed by atoms with E-state index in [0.29, 0.717) is 29.3 Å². The van der Waals surface area contributed by atoms with Crippen molar-refractivity contribution in [2.75, 3.05) is 20.0 Å². The largest absolute Gasteiger partial charge is 0.497 e. The van der Waals surface area contributed by atoms with Gasteiger partial charge in [-0.3, -0.25) is 4.79 Å². The molecule has 3 N–H and O–H groups in total. The van der Waals surface area contributed by atoms with Crippen molar-refractivity contribution in [3.8, 4) is 22.9 Å². The van der Waals surface area contributed by atoms with Crippen LogP contribution in [0.2, 0.25) is 0 Å². The fourth-order valence-electron chi connectivity index (χ4n) is 3.31. The summed E-state index contributed by atoms with van der Waals surface area (Å²) in [6, 6.07) is 10.9. The summed E-state index contributed by atoms with van der Waals surface area (Å²) in [5.41, 5.74) is 9.25. The molecule has 3 heterocycles. The van der Waals surface area contributed by atoms with Crippen molar-refractivity contribution < 1.29 is 14.3 Å². The lowest BCUT2D eigenvalue weighted by atomic mass is 9.91. The van der Waals surface area contributed by atoms with E-state index in [1.165, 1.54) is 6.20 Å². The number of methoxy groups -OCH3 is 2. The summed E-state index contributed by atoms with van der Waals surface area (Å²) in [5, 5.41) is 3.02. The van der Waals surface area contributed by atoms with Gasteiger partial charge in [-0.15, -0.1) is 0 Å². The molecule has 3 aromatic rings. The standard InChI is InChI=1S/C20H19N5O3/c1-27-11-6-7-12(15-4-3-5-18(23-15)28-2)13(8-11)16-9-17-14(19(26)24-16)10-22-20(21)25-17/h3-8,10,16H,9H2,1-2H3,(H,24,26)(H2,21,22,25)/t16-/m1/s1. The quantitative estimate of drug-likeness (QED) is 0.716. The molecule has 8 heteroatoms. The van der Waals surface area contributed by atoms with E-state index < -0.39 is 0 Å². The van der Waals surface area contributed by atoms with Crippen LogP contribution in [0.1, 0.15) is 27.7 Å². The van der Waals surface area contributed by atoms with Gasteiger partial charge in [0.2, 0.25) is 11.8 Å². The second-order valence-corrected chi connectivity index (χ2v) is 6.34. The van der Waals surface area contributed by atoms with Crippen LogP contribution >= 0.6 is 0 Å². The number of amides is 1. The molecule has 0 radical (unpaired) electrons. The lowest BCUT2D eigenvalue weighted by Gasteiger charge is -2.27. The number of nitrogen functional groups attached to an aromatic ring is 1. The Morgan fingerprint density at radius 2 is 1.96 bits per heavy atom. The van der Waals surface area contributed by atoms with Gasteiger partial charge in [0.25, 0.3) is 5.91 Å². The van der Waals surface area contributed by atoms with E-state index in [-0.39, 0.29) is 17.9 Å².